The summed E-state index contributed by atoms with van der Waals surface area (Å²) in [4.78, 5) is 0. The molecule has 0 fully saturated rings. The fourth-order valence-electron chi connectivity index (χ4n) is 1.18. The third-order valence-electron chi connectivity index (χ3n) is 1.94. The minimum absolute atomic E-state index is 0. The fraction of sp³-hybridized carbons (Fsp3) is 0.333. The van der Waals surface area contributed by atoms with E-state index in [0.717, 1.165) is 6.07 Å². The van der Waals surface area contributed by atoms with Crippen molar-refractivity contribution >= 4 is 10.4 Å². The van der Waals surface area contributed by atoms with E-state index in [0.29, 0.717) is 5.56 Å². The largest absolute Gasteiger partial charge is 1.00 e. The van der Waals surface area contributed by atoms with Gasteiger partial charge in [-0.05, 0) is 17.7 Å². The van der Waals surface area contributed by atoms with E-state index >= 15 is 0 Å². The Bertz CT molecular complexity index is 488. The molecule has 1 atom stereocenters. The molecule has 1 aromatic rings. The van der Waals surface area contributed by atoms with E-state index in [1.165, 1.54) is 19.2 Å². The van der Waals surface area contributed by atoms with E-state index < -0.39 is 23.1 Å². The van der Waals surface area contributed by atoms with E-state index in [9.17, 15) is 18.1 Å². The number of hydrogen-bond donors (Lipinski definition) is 2. The molecular weight excluding hydrogens is 291 g/mol. The second kappa shape index (κ2) is 7.77. The number of rotatable bonds is 5. The quantitative estimate of drug-likeness (QED) is 0.330. The molecule has 0 aromatic heterocycles. The van der Waals surface area contributed by atoms with Crippen LogP contribution in [0.2, 0.25) is 0 Å². The van der Waals surface area contributed by atoms with Gasteiger partial charge >= 0.3 is 51.4 Å². The first kappa shape index (κ1) is 18.3. The zero-order chi connectivity index (χ0) is 13.1. The van der Waals surface area contributed by atoms with Crippen LogP contribution >= 0.6 is 0 Å². The van der Waals surface area contributed by atoms with Crippen LogP contribution in [0.15, 0.2) is 18.2 Å². The SMILES string of the molecule is COc1cc([C@@H](O)CO)ccc1OS(=O)(=O)[O-].[K+]. The number of ether oxygens (including phenoxy) is 1. The Morgan fingerprint density at radius 2 is 2.00 bits per heavy atom. The van der Waals surface area contributed by atoms with Crippen LogP contribution in [0.25, 0.3) is 0 Å². The molecule has 9 heteroatoms. The molecule has 0 bridgehead atoms. The second-order valence-electron chi connectivity index (χ2n) is 3.10. The second-order valence-corrected chi connectivity index (χ2v) is 4.08. The van der Waals surface area contributed by atoms with Crippen molar-refractivity contribution in [1.29, 1.82) is 0 Å². The molecule has 1 rings (SSSR count). The van der Waals surface area contributed by atoms with E-state index in [4.69, 9.17) is 9.84 Å². The minimum Gasteiger partial charge on any atom is -0.716 e. The van der Waals surface area contributed by atoms with Crippen LogP contribution < -0.4 is 60.3 Å². The van der Waals surface area contributed by atoms with Crippen LogP contribution in [0.3, 0.4) is 0 Å². The smallest absolute Gasteiger partial charge is 0.716 e. The molecule has 0 aliphatic heterocycles. The molecule has 2 N–H and O–H groups in total. The normalized spacial score (nSPS) is 12.4. The molecule has 0 unspecified atom stereocenters. The third-order valence-corrected chi connectivity index (χ3v) is 2.32. The predicted octanol–water partition coefficient (Wildman–Crippen LogP) is -3.44. The Morgan fingerprint density at radius 3 is 2.44 bits per heavy atom. The van der Waals surface area contributed by atoms with Gasteiger partial charge in [-0.2, -0.15) is 0 Å². The first-order chi connectivity index (χ1) is 7.87. The third kappa shape index (κ3) is 5.51. The summed E-state index contributed by atoms with van der Waals surface area (Å²) in [6.45, 7) is -0.497. The Morgan fingerprint density at radius 1 is 1.39 bits per heavy atom. The maximum Gasteiger partial charge on any atom is 1.00 e. The van der Waals surface area contributed by atoms with Gasteiger partial charge in [0.25, 0.3) is 10.4 Å². The monoisotopic (exact) mass is 302 g/mol. The zero-order valence-corrected chi connectivity index (χ0v) is 13.8. The van der Waals surface area contributed by atoms with Crippen molar-refractivity contribution in [2.24, 2.45) is 0 Å². The van der Waals surface area contributed by atoms with Gasteiger partial charge in [0, 0.05) is 0 Å². The summed E-state index contributed by atoms with van der Waals surface area (Å²) in [6, 6.07) is 3.73. The molecule has 0 aliphatic rings. The van der Waals surface area contributed by atoms with Gasteiger partial charge in [0.1, 0.15) is 6.10 Å². The molecule has 0 saturated heterocycles. The number of hydrogen-bond acceptors (Lipinski definition) is 7. The summed E-state index contributed by atoms with van der Waals surface area (Å²) < 4.78 is 40.2. The summed E-state index contributed by atoms with van der Waals surface area (Å²) in [7, 11) is -3.65. The Hall–Kier alpha value is 0.286. The minimum atomic E-state index is -4.89. The molecule has 0 heterocycles. The number of aliphatic hydroxyl groups is 2. The number of methoxy groups -OCH3 is 1. The summed E-state index contributed by atoms with van der Waals surface area (Å²) in [6.07, 6.45) is -1.12. The standard InChI is InChI=1S/C9H12O7S.K/c1-15-9-4-6(7(11)5-10)2-3-8(9)16-17(12,13)14;/h2-4,7,10-11H,5H2,1H3,(H,12,13,14);/q;+1/p-1/t7-;/m0./s1. The molecule has 18 heavy (non-hydrogen) atoms. The van der Waals surface area contributed by atoms with E-state index in [-0.39, 0.29) is 62.9 Å². The van der Waals surface area contributed by atoms with Crippen molar-refractivity contribution in [2.45, 2.75) is 6.10 Å². The van der Waals surface area contributed by atoms with Gasteiger partial charge in [0.2, 0.25) is 0 Å². The van der Waals surface area contributed by atoms with Crippen LogP contribution in [0.5, 0.6) is 11.5 Å². The van der Waals surface area contributed by atoms with Gasteiger partial charge in [-0.25, -0.2) is 8.42 Å². The summed E-state index contributed by atoms with van der Waals surface area (Å²) in [5, 5.41) is 18.1. The van der Waals surface area contributed by atoms with Crippen molar-refractivity contribution in [3.8, 4) is 11.5 Å². The van der Waals surface area contributed by atoms with Crippen LogP contribution in [-0.2, 0) is 10.4 Å². The van der Waals surface area contributed by atoms with Gasteiger partial charge < -0.3 is 23.7 Å². The zero-order valence-electron chi connectivity index (χ0n) is 9.86. The van der Waals surface area contributed by atoms with Crippen molar-refractivity contribution in [3.63, 3.8) is 0 Å². The summed E-state index contributed by atoms with van der Waals surface area (Å²) in [5.41, 5.74) is 0.306. The first-order valence-corrected chi connectivity index (χ1v) is 5.83. The predicted molar refractivity (Wildman–Crippen MR) is 55.4 cm³/mol. The van der Waals surface area contributed by atoms with Gasteiger partial charge in [0.15, 0.2) is 11.5 Å². The van der Waals surface area contributed by atoms with Crippen LogP contribution in [0, 0.1) is 0 Å². The Labute approximate surface area is 147 Å². The van der Waals surface area contributed by atoms with Crippen molar-refractivity contribution in [1.82, 2.24) is 0 Å². The fourth-order valence-corrected chi connectivity index (χ4v) is 1.53. The van der Waals surface area contributed by atoms with Crippen LogP contribution in [0.4, 0.5) is 0 Å². The first-order valence-electron chi connectivity index (χ1n) is 4.49. The average Bonchev–Trinajstić information content (AvgIpc) is 2.26. The topological polar surface area (TPSA) is 116 Å². The van der Waals surface area contributed by atoms with Crippen molar-refractivity contribution < 1.29 is 83.5 Å². The maximum atomic E-state index is 10.4. The van der Waals surface area contributed by atoms with Crippen LogP contribution in [0.1, 0.15) is 11.7 Å². The molecule has 0 spiro atoms. The number of aliphatic hydroxyl groups excluding tert-OH is 2. The molecule has 0 saturated carbocycles. The molecule has 96 valence electrons. The van der Waals surface area contributed by atoms with Gasteiger partial charge in [0.05, 0.1) is 13.7 Å². The molecule has 7 nitrogen and oxygen atoms in total. The maximum absolute atomic E-state index is 10.4. The summed E-state index contributed by atoms with van der Waals surface area (Å²) >= 11 is 0. The molecule has 0 radical (unpaired) electrons. The van der Waals surface area contributed by atoms with E-state index in [1.807, 2.05) is 0 Å². The molecule has 1 aromatic carbocycles. The summed E-state index contributed by atoms with van der Waals surface area (Å²) in [5.74, 6) is -0.314. The van der Waals surface area contributed by atoms with Gasteiger partial charge in [-0.1, -0.05) is 6.07 Å². The average molecular weight is 302 g/mol. The van der Waals surface area contributed by atoms with E-state index in [2.05, 4.69) is 4.18 Å². The Balaban J connectivity index is 0.00000289. The van der Waals surface area contributed by atoms with Gasteiger partial charge in [-0.15, -0.1) is 0 Å². The number of benzene rings is 1. The van der Waals surface area contributed by atoms with Crippen molar-refractivity contribution in [3.05, 3.63) is 23.8 Å². The van der Waals surface area contributed by atoms with Gasteiger partial charge in [-0.3, -0.25) is 0 Å². The molecule has 0 amide bonds. The van der Waals surface area contributed by atoms with Crippen LogP contribution in [-0.4, -0.2) is 36.9 Å². The molecule has 0 aliphatic carbocycles. The Kier molecular flexibility index (Phi) is 7.90. The van der Waals surface area contributed by atoms with E-state index in [1.54, 1.807) is 0 Å². The van der Waals surface area contributed by atoms with Crippen molar-refractivity contribution in [2.75, 3.05) is 13.7 Å². The molecular formula is C9H11KO7S.